The van der Waals surface area contributed by atoms with Crippen molar-refractivity contribution in [2.75, 3.05) is 26.3 Å². The van der Waals surface area contributed by atoms with Crippen molar-refractivity contribution in [2.24, 2.45) is 0 Å². The van der Waals surface area contributed by atoms with Gasteiger partial charge < -0.3 is 14.9 Å². The van der Waals surface area contributed by atoms with Gasteiger partial charge in [-0.05, 0) is 65.9 Å². The lowest BCUT2D eigenvalue weighted by molar-refractivity contribution is 0.0187. The first-order chi connectivity index (χ1) is 15.4. The van der Waals surface area contributed by atoms with Crippen LogP contribution in [-0.2, 0) is 17.6 Å². The van der Waals surface area contributed by atoms with E-state index in [2.05, 4.69) is 33.3 Å². The van der Waals surface area contributed by atoms with Crippen LogP contribution in [0.5, 0.6) is 11.5 Å². The van der Waals surface area contributed by atoms with Crippen LogP contribution in [0.15, 0.2) is 30.3 Å². The number of H-pyrrole nitrogens is 1. The number of aromatic amines is 1. The van der Waals surface area contributed by atoms with Crippen LogP contribution in [0.25, 0.3) is 17.1 Å². The van der Waals surface area contributed by atoms with Crippen LogP contribution in [0, 0.1) is 4.77 Å². The summed E-state index contributed by atoms with van der Waals surface area (Å²) in [6.45, 7) is 7.58. The predicted molar refractivity (Wildman–Crippen MR) is 125 cm³/mol. The fourth-order valence-electron chi connectivity index (χ4n) is 4.87. The third-order valence-corrected chi connectivity index (χ3v) is 6.88. The van der Waals surface area contributed by atoms with Gasteiger partial charge in [0.1, 0.15) is 11.5 Å². The minimum Gasteiger partial charge on any atom is -0.508 e. The van der Waals surface area contributed by atoms with Crippen molar-refractivity contribution < 1.29 is 14.9 Å². The Labute approximate surface area is 192 Å². The fourth-order valence-corrected chi connectivity index (χ4v) is 5.11. The summed E-state index contributed by atoms with van der Waals surface area (Å²) in [5.74, 6) is 0.670. The maximum Gasteiger partial charge on any atom is 0.200 e. The number of aromatic nitrogens is 3. The van der Waals surface area contributed by atoms with Crippen LogP contribution in [0.1, 0.15) is 36.5 Å². The SMILES string of the molecule is CC(C)c1cc(-c2n[nH]c(=S)n2-c2ccc3c(c2)CC(N2CCOCC2)C3)c(O)cc1O. The average molecular weight is 453 g/mol. The molecular formula is C24H28N4O3S. The Kier molecular flexibility index (Phi) is 5.53. The molecule has 0 saturated carbocycles. The smallest absolute Gasteiger partial charge is 0.200 e. The van der Waals surface area contributed by atoms with Crippen LogP contribution in [0.4, 0.5) is 0 Å². The van der Waals surface area contributed by atoms with Gasteiger partial charge >= 0.3 is 0 Å². The molecule has 3 N–H and O–H groups in total. The number of hydrogen-bond donors (Lipinski definition) is 3. The second kappa shape index (κ2) is 8.35. The van der Waals surface area contributed by atoms with Crippen LogP contribution in [0.3, 0.4) is 0 Å². The van der Waals surface area contributed by atoms with Gasteiger partial charge in [0, 0.05) is 25.2 Å². The van der Waals surface area contributed by atoms with Gasteiger partial charge in [0.15, 0.2) is 10.6 Å². The summed E-state index contributed by atoms with van der Waals surface area (Å²) >= 11 is 5.55. The van der Waals surface area contributed by atoms with E-state index in [0.29, 0.717) is 22.2 Å². The standard InChI is InChI=1S/C24H28N4O3S/c1-14(2)19-12-20(22(30)13-21(19)29)23-25-26-24(32)28(23)17-4-3-15-9-18(11-16(15)10-17)27-5-7-31-8-6-27/h3-4,10,12-14,18,29-30H,5-9,11H2,1-2H3,(H,26,32). The van der Waals surface area contributed by atoms with Gasteiger partial charge in [-0.1, -0.05) is 19.9 Å². The molecule has 2 aliphatic rings. The van der Waals surface area contributed by atoms with Crippen molar-refractivity contribution in [2.45, 2.75) is 38.6 Å². The maximum atomic E-state index is 10.6. The molecule has 2 aromatic carbocycles. The molecule has 32 heavy (non-hydrogen) atoms. The molecule has 0 bridgehead atoms. The molecular weight excluding hydrogens is 424 g/mol. The lowest BCUT2D eigenvalue weighted by Gasteiger charge is -2.32. The van der Waals surface area contributed by atoms with Crippen molar-refractivity contribution in [1.82, 2.24) is 19.7 Å². The Morgan fingerprint density at radius 3 is 2.56 bits per heavy atom. The molecule has 1 atom stereocenters. The van der Waals surface area contributed by atoms with Gasteiger partial charge in [-0.15, -0.1) is 0 Å². The normalized spacial score (nSPS) is 18.9. The number of ether oxygens (including phenoxy) is 1. The van der Waals surface area contributed by atoms with E-state index in [-0.39, 0.29) is 17.4 Å². The molecule has 1 unspecified atom stereocenters. The Hall–Kier alpha value is -2.68. The van der Waals surface area contributed by atoms with Crippen molar-refractivity contribution in [3.05, 3.63) is 51.8 Å². The topological polar surface area (TPSA) is 86.5 Å². The van der Waals surface area contributed by atoms with E-state index in [1.54, 1.807) is 6.07 Å². The molecule has 7 nitrogen and oxygen atoms in total. The lowest BCUT2D eigenvalue weighted by atomic mass is 9.98. The molecule has 1 aromatic heterocycles. The van der Waals surface area contributed by atoms with Crippen LogP contribution in [0.2, 0.25) is 0 Å². The fraction of sp³-hybridized carbons (Fsp3) is 0.417. The zero-order valence-electron chi connectivity index (χ0n) is 18.3. The Morgan fingerprint density at radius 1 is 1.06 bits per heavy atom. The molecule has 0 spiro atoms. The number of aromatic hydroxyl groups is 2. The molecule has 168 valence electrons. The maximum absolute atomic E-state index is 10.6. The van der Waals surface area contributed by atoms with Crippen LogP contribution in [-0.4, -0.2) is 62.2 Å². The zero-order valence-corrected chi connectivity index (χ0v) is 19.2. The Morgan fingerprint density at radius 2 is 1.81 bits per heavy atom. The Bertz CT molecular complexity index is 1210. The second-order valence-corrected chi connectivity index (χ2v) is 9.32. The minimum atomic E-state index is -0.0318. The number of nitrogens with one attached hydrogen (secondary N) is 1. The number of benzene rings is 2. The van der Waals surface area contributed by atoms with E-state index in [1.165, 1.54) is 17.2 Å². The number of hydrogen-bond acceptors (Lipinski definition) is 6. The van der Waals surface area contributed by atoms with E-state index in [9.17, 15) is 10.2 Å². The van der Waals surface area contributed by atoms with E-state index < -0.39 is 0 Å². The highest BCUT2D eigenvalue weighted by molar-refractivity contribution is 7.71. The molecule has 5 rings (SSSR count). The molecule has 8 heteroatoms. The molecule has 0 radical (unpaired) electrons. The number of nitrogens with zero attached hydrogens (tertiary/aromatic N) is 3. The number of morpholine rings is 1. The zero-order chi connectivity index (χ0) is 22.4. The van der Waals surface area contributed by atoms with Gasteiger partial charge in [-0.2, -0.15) is 5.10 Å². The molecule has 0 amide bonds. The van der Waals surface area contributed by atoms with Crippen molar-refractivity contribution in [1.29, 1.82) is 0 Å². The van der Waals surface area contributed by atoms with Gasteiger partial charge in [-0.3, -0.25) is 14.6 Å². The average Bonchev–Trinajstić information content (AvgIpc) is 3.37. The number of rotatable bonds is 4. The first kappa shape index (κ1) is 21.2. The van der Waals surface area contributed by atoms with Crippen molar-refractivity contribution in [3.63, 3.8) is 0 Å². The highest BCUT2D eigenvalue weighted by Crippen LogP contribution is 2.38. The van der Waals surface area contributed by atoms with Crippen LogP contribution >= 0.6 is 12.2 Å². The predicted octanol–water partition coefficient (Wildman–Crippen LogP) is 3.93. The third-order valence-electron chi connectivity index (χ3n) is 6.60. The lowest BCUT2D eigenvalue weighted by Crippen LogP contribution is -2.43. The van der Waals surface area contributed by atoms with Gasteiger partial charge in [0.2, 0.25) is 0 Å². The largest absolute Gasteiger partial charge is 0.508 e. The number of phenolic OH excluding ortho intramolecular Hbond substituents is 2. The van der Waals surface area contributed by atoms with E-state index in [1.807, 2.05) is 18.4 Å². The number of fused-ring (bicyclic) bond motifs is 1. The highest BCUT2D eigenvalue weighted by Gasteiger charge is 2.28. The third kappa shape index (κ3) is 3.72. The highest BCUT2D eigenvalue weighted by atomic mass is 32.1. The molecule has 3 aromatic rings. The molecule has 1 saturated heterocycles. The summed E-state index contributed by atoms with van der Waals surface area (Å²) in [6, 6.07) is 10.1. The van der Waals surface area contributed by atoms with E-state index >= 15 is 0 Å². The molecule has 1 fully saturated rings. The summed E-state index contributed by atoms with van der Waals surface area (Å²) in [5, 5.41) is 28.1. The second-order valence-electron chi connectivity index (χ2n) is 8.93. The van der Waals surface area contributed by atoms with Crippen LogP contribution < -0.4 is 0 Å². The van der Waals surface area contributed by atoms with Gasteiger partial charge in [0.05, 0.1) is 24.5 Å². The number of phenols is 2. The summed E-state index contributed by atoms with van der Waals surface area (Å²) < 4.78 is 7.82. The van der Waals surface area contributed by atoms with Gasteiger partial charge in [-0.25, -0.2) is 0 Å². The first-order valence-electron chi connectivity index (χ1n) is 11.1. The molecule has 2 heterocycles. The first-order valence-corrected chi connectivity index (χ1v) is 11.5. The molecule has 1 aliphatic heterocycles. The van der Waals surface area contributed by atoms with E-state index in [4.69, 9.17) is 17.0 Å². The summed E-state index contributed by atoms with van der Waals surface area (Å²) in [6.07, 6.45) is 2.06. The van der Waals surface area contributed by atoms with Gasteiger partial charge in [0.25, 0.3) is 0 Å². The summed E-state index contributed by atoms with van der Waals surface area (Å²) in [7, 11) is 0. The summed E-state index contributed by atoms with van der Waals surface area (Å²) in [4.78, 5) is 2.53. The molecule has 1 aliphatic carbocycles. The van der Waals surface area contributed by atoms with E-state index in [0.717, 1.165) is 50.4 Å². The quantitative estimate of drug-likeness (QED) is 0.520. The van der Waals surface area contributed by atoms with Crippen molar-refractivity contribution in [3.8, 4) is 28.6 Å². The Balaban J connectivity index is 1.52. The van der Waals surface area contributed by atoms with Crippen molar-refractivity contribution >= 4 is 12.2 Å². The summed E-state index contributed by atoms with van der Waals surface area (Å²) in [5.41, 5.74) is 4.90. The monoisotopic (exact) mass is 452 g/mol. The minimum absolute atomic E-state index is 0.0318.